The van der Waals surface area contributed by atoms with Crippen molar-refractivity contribution in [3.05, 3.63) is 111 Å². The summed E-state index contributed by atoms with van der Waals surface area (Å²) in [4.78, 5) is 18.0. The monoisotopic (exact) mass is 533 g/mol. The molecular formula is C28H25Cl2N5O2. The first-order valence-electron chi connectivity index (χ1n) is 11.7. The van der Waals surface area contributed by atoms with Crippen molar-refractivity contribution < 1.29 is 9.53 Å². The van der Waals surface area contributed by atoms with Gasteiger partial charge in [0.1, 0.15) is 24.7 Å². The van der Waals surface area contributed by atoms with Gasteiger partial charge in [0.15, 0.2) is 0 Å². The number of carbonyl (C=O) groups is 1. The minimum atomic E-state index is -0.502. The summed E-state index contributed by atoms with van der Waals surface area (Å²) in [6.45, 7) is 6.18. The van der Waals surface area contributed by atoms with Crippen molar-refractivity contribution in [3.8, 4) is 5.75 Å². The fraction of sp³-hybridized carbons (Fsp3) is 0.179. The number of rotatable bonds is 6. The molecule has 2 heterocycles. The number of benzene rings is 3. The number of allylic oxidation sites excluding steroid dienone is 1. The Morgan fingerprint density at radius 1 is 1.05 bits per heavy atom. The molecule has 4 aromatic rings. The molecule has 5 rings (SSSR count). The molecule has 0 spiro atoms. The van der Waals surface area contributed by atoms with Gasteiger partial charge in [0, 0.05) is 11.4 Å². The lowest BCUT2D eigenvalue weighted by Crippen LogP contribution is -2.31. The maximum absolute atomic E-state index is 13.7. The van der Waals surface area contributed by atoms with Gasteiger partial charge in [0.05, 0.1) is 15.6 Å². The van der Waals surface area contributed by atoms with Crippen LogP contribution < -0.4 is 15.4 Å². The average Bonchev–Trinajstić information content (AvgIpc) is 3.33. The molecule has 1 amide bonds. The van der Waals surface area contributed by atoms with Gasteiger partial charge in [-0.15, -0.1) is 0 Å². The maximum Gasteiger partial charge on any atom is 0.255 e. The predicted octanol–water partition coefficient (Wildman–Crippen LogP) is 6.71. The van der Waals surface area contributed by atoms with Crippen LogP contribution in [0, 0.1) is 13.8 Å². The van der Waals surface area contributed by atoms with E-state index >= 15 is 0 Å². The van der Waals surface area contributed by atoms with E-state index in [2.05, 4.69) is 20.7 Å². The molecule has 0 saturated carbocycles. The smallest absolute Gasteiger partial charge is 0.255 e. The number of hydrogen-bond donors (Lipinski definition) is 2. The van der Waals surface area contributed by atoms with Crippen molar-refractivity contribution in [2.75, 3.05) is 10.6 Å². The molecule has 2 N–H and O–H groups in total. The number of amides is 1. The third-order valence-electron chi connectivity index (χ3n) is 6.23. The van der Waals surface area contributed by atoms with E-state index < -0.39 is 6.04 Å². The van der Waals surface area contributed by atoms with E-state index in [0.29, 0.717) is 39.6 Å². The molecule has 188 valence electrons. The van der Waals surface area contributed by atoms with Gasteiger partial charge in [-0.05, 0) is 67.8 Å². The van der Waals surface area contributed by atoms with E-state index in [9.17, 15) is 4.79 Å². The highest BCUT2D eigenvalue weighted by atomic mass is 35.5. The lowest BCUT2D eigenvalue weighted by molar-refractivity contribution is -0.113. The standard InChI is InChI=1S/C28H25Cl2N5O2/c1-16-7-10-24(17(2)11-16)34-27(36)25-18(3)33-28-31-15-32-35(28)26(25)20-5-4-6-21(13-20)37-14-19-8-9-22(29)23(30)12-19/h4-13,15,26H,14H2,1-3H3,(H,34,36)(H,31,32,33)/t26-/m0/s1. The number of aromatic nitrogens is 3. The molecule has 7 nitrogen and oxygen atoms in total. The third kappa shape index (κ3) is 5.19. The van der Waals surface area contributed by atoms with Crippen LogP contribution in [0.1, 0.15) is 35.2 Å². The fourth-order valence-corrected chi connectivity index (χ4v) is 4.73. The van der Waals surface area contributed by atoms with Crippen LogP contribution in [0.15, 0.2) is 78.3 Å². The first-order valence-corrected chi connectivity index (χ1v) is 12.5. The number of halogens is 2. The van der Waals surface area contributed by atoms with Gasteiger partial charge >= 0.3 is 0 Å². The first-order chi connectivity index (χ1) is 17.8. The van der Waals surface area contributed by atoms with Crippen molar-refractivity contribution in [3.63, 3.8) is 0 Å². The molecule has 3 aromatic carbocycles. The normalized spacial score (nSPS) is 14.7. The zero-order chi connectivity index (χ0) is 26.1. The number of fused-ring (bicyclic) bond motifs is 1. The number of nitrogens with zero attached hydrogens (tertiary/aromatic N) is 3. The second-order valence-electron chi connectivity index (χ2n) is 8.98. The molecule has 9 heteroatoms. The van der Waals surface area contributed by atoms with E-state index in [1.807, 2.05) is 69.3 Å². The van der Waals surface area contributed by atoms with Crippen LogP contribution in [0.5, 0.6) is 5.75 Å². The van der Waals surface area contributed by atoms with Gasteiger partial charge in [-0.25, -0.2) is 4.68 Å². The summed E-state index contributed by atoms with van der Waals surface area (Å²) in [5, 5.41) is 11.7. The highest BCUT2D eigenvalue weighted by Crippen LogP contribution is 2.36. The molecule has 1 atom stereocenters. The molecular weight excluding hydrogens is 509 g/mol. The molecule has 0 radical (unpaired) electrons. The number of anilines is 2. The summed E-state index contributed by atoms with van der Waals surface area (Å²) in [7, 11) is 0. The molecule has 0 aliphatic carbocycles. The average molecular weight is 534 g/mol. The fourth-order valence-electron chi connectivity index (χ4n) is 4.41. The summed E-state index contributed by atoms with van der Waals surface area (Å²) < 4.78 is 7.76. The molecule has 1 aliphatic rings. The molecule has 0 unspecified atom stereocenters. The zero-order valence-electron chi connectivity index (χ0n) is 20.5. The first kappa shape index (κ1) is 24.9. The van der Waals surface area contributed by atoms with Gasteiger partial charge < -0.3 is 15.4 Å². The molecule has 0 saturated heterocycles. The van der Waals surface area contributed by atoms with Crippen molar-refractivity contribution in [1.82, 2.24) is 14.8 Å². The summed E-state index contributed by atoms with van der Waals surface area (Å²) in [5.41, 5.74) is 5.86. The number of carbonyl (C=O) groups excluding carboxylic acids is 1. The minimum absolute atomic E-state index is 0.217. The third-order valence-corrected chi connectivity index (χ3v) is 6.97. The highest BCUT2D eigenvalue weighted by Gasteiger charge is 2.33. The van der Waals surface area contributed by atoms with Gasteiger partial charge in [0.25, 0.3) is 5.91 Å². The van der Waals surface area contributed by atoms with E-state index in [0.717, 1.165) is 27.9 Å². The minimum Gasteiger partial charge on any atom is -0.489 e. The van der Waals surface area contributed by atoms with Gasteiger partial charge in [-0.3, -0.25) is 4.79 Å². The summed E-state index contributed by atoms with van der Waals surface area (Å²) in [6.07, 6.45) is 1.47. The summed E-state index contributed by atoms with van der Waals surface area (Å²) >= 11 is 12.2. The van der Waals surface area contributed by atoms with Crippen molar-refractivity contribution in [2.45, 2.75) is 33.4 Å². The van der Waals surface area contributed by atoms with E-state index in [1.165, 1.54) is 6.33 Å². The largest absolute Gasteiger partial charge is 0.489 e. The Bertz CT molecular complexity index is 1530. The van der Waals surface area contributed by atoms with Crippen LogP contribution in [-0.4, -0.2) is 20.7 Å². The van der Waals surface area contributed by atoms with Crippen LogP contribution in [0.2, 0.25) is 10.0 Å². The van der Waals surface area contributed by atoms with Crippen LogP contribution in [0.25, 0.3) is 0 Å². The number of hydrogen-bond acceptors (Lipinski definition) is 5. The topological polar surface area (TPSA) is 81.1 Å². The van der Waals surface area contributed by atoms with Crippen molar-refractivity contribution in [1.29, 1.82) is 0 Å². The predicted molar refractivity (Wildman–Crippen MR) is 146 cm³/mol. The highest BCUT2D eigenvalue weighted by molar-refractivity contribution is 6.42. The van der Waals surface area contributed by atoms with Gasteiger partial charge in [-0.2, -0.15) is 10.1 Å². The Kier molecular flexibility index (Phi) is 6.91. The van der Waals surface area contributed by atoms with E-state index in [-0.39, 0.29) is 5.91 Å². The molecule has 37 heavy (non-hydrogen) atoms. The lowest BCUT2D eigenvalue weighted by atomic mass is 9.94. The van der Waals surface area contributed by atoms with Crippen LogP contribution in [0.4, 0.5) is 11.6 Å². The second-order valence-corrected chi connectivity index (χ2v) is 9.79. The van der Waals surface area contributed by atoms with Crippen molar-refractivity contribution in [2.24, 2.45) is 0 Å². The molecule has 1 aliphatic heterocycles. The van der Waals surface area contributed by atoms with Crippen LogP contribution in [0.3, 0.4) is 0 Å². The van der Waals surface area contributed by atoms with E-state index in [1.54, 1.807) is 16.8 Å². The Morgan fingerprint density at radius 3 is 2.68 bits per heavy atom. The molecule has 0 fully saturated rings. The van der Waals surface area contributed by atoms with Crippen LogP contribution >= 0.6 is 23.2 Å². The molecule has 1 aromatic heterocycles. The maximum atomic E-state index is 13.7. The second kappa shape index (κ2) is 10.3. The number of ether oxygens (including phenoxy) is 1. The lowest BCUT2D eigenvalue weighted by Gasteiger charge is -2.29. The quantitative estimate of drug-likeness (QED) is 0.288. The van der Waals surface area contributed by atoms with Crippen molar-refractivity contribution >= 4 is 40.7 Å². The Labute approximate surface area is 225 Å². The van der Waals surface area contributed by atoms with E-state index in [4.69, 9.17) is 27.9 Å². The SMILES string of the molecule is CC1=C(C(=O)Nc2ccc(C)cc2C)[C@H](c2cccc(OCc3ccc(Cl)c(Cl)c3)c2)n2ncnc2N1. The number of nitrogens with one attached hydrogen (secondary N) is 2. The Balaban J connectivity index is 1.46. The summed E-state index contributed by atoms with van der Waals surface area (Å²) in [5.74, 6) is 0.994. The zero-order valence-corrected chi connectivity index (χ0v) is 22.1. The van der Waals surface area contributed by atoms with Crippen LogP contribution in [-0.2, 0) is 11.4 Å². The van der Waals surface area contributed by atoms with Gasteiger partial charge in [-0.1, -0.05) is 59.1 Å². The molecule has 0 bridgehead atoms. The Morgan fingerprint density at radius 2 is 1.89 bits per heavy atom. The number of aryl methyl sites for hydroxylation is 2. The summed E-state index contributed by atoms with van der Waals surface area (Å²) in [6, 6.07) is 18.5. The van der Waals surface area contributed by atoms with Gasteiger partial charge in [0.2, 0.25) is 5.95 Å². The Hall–Kier alpha value is -3.81.